The van der Waals surface area contributed by atoms with E-state index < -0.39 is 0 Å². The van der Waals surface area contributed by atoms with Crippen LogP contribution in [0.5, 0.6) is 0 Å². The second-order valence-electron chi connectivity index (χ2n) is 7.66. The number of aryl methyl sites for hydroxylation is 2. The van der Waals surface area contributed by atoms with E-state index in [0.29, 0.717) is 5.92 Å². The number of benzene rings is 1. The molecule has 4 rings (SSSR count). The lowest BCUT2D eigenvalue weighted by molar-refractivity contribution is 0.0730. The number of thiazole rings is 1. The monoisotopic (exact) mass is 393 g/mol. The number of fused-ring (bicyclic) bond motifs is 1. The maximum Gasteiger partial charge on any atom is 0.265 e. The standard InChI is InChI=1S/C23H27N3OS/c1-16-22(28-17(2)25-16)23(27)26(15-18-8-4-3-5-9-18)13-12-19-14-24-21-11-7-6-10-20(19)21/h3-4,6-7,10-11,14,18,24H,5,8-9,12-13,15H2,1-2H3/t18-/m1/s1. The Bertz CT molecular complexity index is 1000. The van der Waals surface area contributed by atoms with Gasteiger partial charge >= 0.3 is 0 Å². The molecule has 2 heterocycles. The maximum atomic E-state index is 13.3. The molecule has 1 amide bonds. The topological polar surface area (TPSA) is 49.0 Å². The van der Waals surface area contributed by atoms with Crippen LogP contribution >= 0.6 is 11.3 Å². The van der Waals surface area contributed by atoms with Gasteiger partial charge in [0.25, 0.3) is 5.91 Å². The van der Waals surface area contributed by atoms with Gasteiger partial charge < -0.3 is 9.88 Å². The number of rotatable bonds is 6. The number of allylic oxidation sites excluding steroid dienone is 2. The predicted molar refractivity (Wildman–Crippen MR) is 116 cm³/mol. The number of para-hydroxylation sites is 1. The molecule has 28 heavy (non-hydrogen) atoms. The van der Waals surface area contributed by atoms with Crippen molar-refractivity contribution in [2.24, 2.45) is 5.92 Å². The largest absolute Gasteiger partial charge is 0.361 e. The molecule has 1 aromatic carbocycles. The fraction of sp³-hybridized carbons (Fsp3) is 0.391. The van der Waals surface area contributed by atoms with Crippen LogP contribution in [0.4, 0.5) is 0 Å². The van der Waals surface area contributed by atoms with E-state index in [0.717, 1.165) is 59.9 Å². The Labute approximate surface area is 170 Å². The van der Waals surface area contributed by atoms with E-state index >= 15 is 0 Å². The normalized spacial score (nSPS) is 16.6. The second kappa shape index (κ2) is 8.31. The molecule has 5 heteroatoms. The highest BCUT2D eigenvalue weighted by molar-refractivity contribution is 7.13. The van der Waals surface area contributed by atoms with Crippen LogP contribution in [-0.4, -0.2) is 33.9 Å². The molecule has 0 saturated carbocycles. The molecule has 0 aliphatic heterocycles. The van der Waals surface area contributed by atoms with Crippen molar-refractivity contribution >= 4 is 28.1 Å². The van der Waals surface area contributed by atoms with Crippen LogP contribution in [0.3, 0.4) is 0 Å². The molecule has 0 fully saturated rings. The van der Waals surface area contributed by atoms with Crippen molar-refractivity contribution < 1.29 is 4.79 Å². The first-order chi connectivity index (χ1) is 13.6. The zero-order chi connectivity index (χ0) is 19.5. The van der Waals surface area contributed by atoms with E-state index in [1.807, 2.05) is 19.9 Å². The molecule has 1 atom stereocenters. The summed E-state index contributed by atoms with van der Waals surface area (Å²) in [5, 5.41) is 2.21. The highest BCUT2D eigenvalue weighted by Crippen LogP contribution is 2.25. The Morgan fingerprint density at radius 1 is 1.29 bits per heavy atom. The number of hydrogen-bond acceptors (Lipinski definition) is 3. The van der Waals surface area contributed by atoms with E-state index in [9.17, 15) is 4.79 Å². The van der Waals surface area contributed by atoms with Crippen LogP contribution in [0, 0.1) is 19.8 Å². The van der Waals surface area contributed by atoms with Crippen LogP contribution < -0.4 is 0 Å². The zero-order valence-corrected chi connectivity index (χ0v) is 17.4. The number of H-pyrrole nitrogens is 1. The number of nitrogens with one attached hydrogen (secondary N) is 1. The van der Waals surface area contributed by atoms with Gasteiger partial charge in [-0.15, -0.1) is 11.3 Å². The number of carbonyl (C=O) groups excluding carboxylic acids is 1. The molecule has 0 bridgehead atoms. The number of carbonyl (C=O) groups is 1. The third kappa shape index (κ3) is 4.04. The molecule has 0 saturated heterocycles. The minimum Gasteiger partial charge on any atom is -0.361 e. The van der Waals surface area contributed by atoms with E-state index in [1.54, 1.807) is 0 Å². The molecule has 3 aromatic rings. The molecule has 4 nitrogen and oxygen atoms in total. The van der Waals surface area contributed by atoms with Gasteiger partial charge in [0.15, 0.2) is 0 Å². The lowest BCUT2D eigenvalue weighted by atomic mass is 9.93. The van der Waals surface area contributed by atoms with Crippen LogP contribution in [-0.2, 0) is 6.42 Å². The summed E-state index contributed by atoms with van der Waals surface area (Å²) in [5.74, 6) is 0.684. The average Bonchev–Trinajstić information content (AvgIpc) is 3.27. The Kier molecular flexibility index (Phi) is 5.62. The molecular formula is C23H27N3OS. The van der Waals surface area contributed by atoms with Crippen LogP contribution in [0.25, 0.3) is 10.9 Å². The summed E-state index contributed by atoms with van der Waals surface area (Å²) in [5.41, 5.74) is 3.28. The van der Waals surface area contributed by atoms with Gasteiger partial charge in [-0.25, -0.2) is 4.98 Å². The van der Waals surface area contributed by atoms with E-state index in [1.165, 1.54) is 22.3 Å². The van der Waals surface area contributed by atoms with Gasteiger partial charge in [-0.2, -0.15) is 0 Å². The van der Waals surface area contributed by atoms with Gasteiger partial charge in [0.2, 0.25) is 0 Å². The van der Waals surface area contributed by atoms with Gasteiger partial charge in [0.1, 0.15) is 4.88 Å². The zero-order valence-electron chi connectivity index (χ0n) is 16.6. The van der Waals surface area contributed by atoms with Crippen molar-refractivity contribution in [3.05, 3.63) is 63.8 Å². The molecule has 0 spiro atoms. The summed E-state index contributed by atoms with van der Waals surface area (Å²) in [6.07, 6.45) is 10.8. The first-order valence-electron chi connectivity index (χ1n) is 10.0. The summed E-state index contributed by atoms with van der Waals surface area (Å²) < 4.78 is 0. The molecule has 1 N–H and O–H groups in total. The third-order valence-corrected chi connectivity index (χ3v) is 6.63. The van der Waals surface area contributed by atoms with E-state index in [-0.39, 0.29) is 5.91 Å². The van der Waals surface area contributed by atoms with Gasteiger partial charge in [-0.05, 0) is 57.1 Å². The lowest BCUT2D eigenvalue weighted by Crippen LogP contribution is -2.37. The SMILES string of the molecule is Cc1nc(C)c(C(=O)N(CCc2c[nH]c3ccccc23)C[C@@H]2CC=CCC2)s1. The summed E-state index contributed by atoms with van der Waals surface area (Å²) in [6.45, 7) is 5.47. The van der Waals surface area contributed by atoms with E-state index in [4.69, 9.17) is 0 Å². The number of amides is 1. The van der Waals surface area contributed by atoms with Crippen molar-refractivity contribution in [3.8, 4) is 0 Å². The van der Waals surface area contributed by atoms with Crippen molar-refractivity contribution in [2.75, 3.05) is 13.1 Å². The first kappa shape index (κ1) is 18.9. The van der Waals surface area contributed by atoms with E-state index in [2.05, 4.69) is 51.4 Å². The van der Waals surface area contributed by atoms with Gasteiger partial charge in [-0.3, -0.25) is 4.79 Å². The van der Waals surface area contributed by atoms with Crippen LogP contribution in [0.15, 0.2) is 42.6 Å². The highest BCUT2D eigenvalue weighted by atomic mass is 32.1. The quantitative estimate of drug-likeness (QED) is 0.579. The fourth-order valence-electron chi connectivity index (χ4n) is 4.08. The lowest BCUT2D eigenvalue weighted by Gasteiger charge is -2.28. The highest BCUT2D eigenvalue weighted by Gasteiger charge is 2.24. The minimum atomic E-state index is 0.137. The number of aromatic nitrogens is 2. The van der Waals surface area contributed by atoms with Crippen molar-refractivity contribution in [1.29, 1.82) is 0 Å². The minimum absolute atomic E-state index is 0.137. The molecule has 1 aliphatic carbocycles. The Morgan fingerprint density at radius 2 is 2.14 bits per heavy atom. The molecule has 0 unspecified atom stereocenters. The summed E-state index contributed by atoms with van der Waals surface area (Å²) in [4.78, 5) is 24.0. The molecule has 0 radical (unpaired) electrons. The van der Waals surface area contributed by atoms with Gasteiger partial charge in [-0.1, -0.05) is 30.4 Å². The van der Waals surface area contributed by atoms with Gasteiger partial charge in [0, 0.05) is 30.2 Å². The fourth-order valence-corrected chi connectivity index (χ4v) is 4.96. The second-order valence-corrected chi connectivity index (χ2v) is 8.86. The Hall–Kier alpha value is -2.40. The molecule has 1 aliphatic rings. The Morgan fingerprint density at radius 3 is 2.89 bits per heavy atom. The molecule has 2 aromatic heterocycles. The number of nitrogens with zero attached hydrogens (tertiary/aromatic N) is 2. The summed E-state index contributed by atoms with van der Waals surface area (Å²) in [7, 11) is 0. The summed E-state index contributed by atoms with van der Waals surface area (Å²) in [6, 6.07) is 8.36. The molecule has 146 valence electrons. The van der Waals surface area contributed by atoms with Gasteiger partial charge in [0.05, 0.1) is 10.7 Å². The van der Waals surface area contributed by atoms with Crippen molar-refractivity contribution in [3.63, 3.8) is 0 Å². The van der Waals surface area contributed by atoms with Crippen LogP contribution in [0.2, 0.25) is 0 Å². The maximum absolute atomic E-state index is 13.3. The van der Waals surface area contributed by atoms with Crippen molar-refractivity contribution in [2.45, 2.75) is 39.5 Å². The Balaban J connectivity index is 1.54. The number of hydrogen-bond donors (Lipinski definition) is 1. The summed E-state index contributed by atoms with van der Waals surface area (Å²) >= 11 is 1.52. The predicted octanol–water partition coefficient (Wildman–Crippen LogP) is 5.28. The van der Waals surface area contributed by atoms with Crippen LogP contribution in [0.1, 0.15) is 45.2 Å². The smallest absolute Gasteiger partial charge is 0.265 e. The molecular weight excluding hydrogens is 366 g/mol. The first-order valence-corrected chi connectivity index (χ1v) is 10.9. The average molecular weight is 394 g/mol. The van der Waals surface area contributed by atoms with Crippen molar-refractivity contribution in [1.82, 2.24) is 14.9 Å². The third-order valence-electron chi connectivity index (χ3n) is 5.57. The number of aromatic amines is 1.